The average molecular weight is 145 g/mol. The van der Waals surface area contributed by atoms with Gasteiger partial charge in [-0.3, -0.25) is 4.79 Å². The van der Waals surface area contributed by atoms with Crippen LogP contribution in [0.2, 0.25) is 0 Å². The first-order valence-electron chi connectivity index (χ1n) is 3.38. The fraction of sp³-hybridized carbons (Fsp3) is 0.833. The van der Waals surface area contributed by atoms with Crippen LogP contribution >= 0.6 is 0 Å². The zero-order chi connectivity index (χ0) is 7.40. The van der Waals surface area contributed by atoms with Crippen LogP contribution in [0.4, 0.5) is 0 Å². The molecule has 4 heteroatoms. The second kappa shape index (κ2) is 3.53. The number of carboxylic acid groups (broad SMARTS) is 1. The van der Waals surface area contributed by atoms with Crippen molar-refractivity contribution >= 4 is 5.97 Å². The Morgan fingerprint density at radius 1 is 1.70 bits per heavy atom. The third-order valence-corrected chi connectivity index (χ3v) is 1.57. The van der Waals surface area contributed by atoms with Crippen LogP contribution in [0.1, 0.15) is 12.8 Å². The van der Waals surface area contributed by atoms with Gasteiger partial charge in [-0.1, -0.05) is 0 Å². The summed E-state index contributed by atoms with van der Waals surface area (Å²) in [6, 6.07) is 0. The molecule has 2 N–H and O–H groups in total. The summed E-state index contributed by atoms with van der Waals surface area (Å²) in [6.45, 7) is 1.04. The van der Waals surface area contributed by atoms with Crippen molar-refractivity contribution in [2.24, 2.45) is 5.92 Å². The minimum absolute atomic E-state index is 0.287. The van der Waals surface area contributed by atoms with Gasteiger partial charge in [-0.25, -0.2) is 5.48 Å². The van der Waals surface area contributed by atoms with Gasteiger partial charge in [0.1, 0.15) is 0 Å². The number of nitrogens with one attached hydrogen (secondary N) is 1. The van der Waals surface area contributed by atoms with Crippen molar-refractivity contribution in [2.75, 3.05) is 13.2 Å². The maximum atomic E-state index is 10.4. The molecule has 1 saturated heterocycles. The van der Waals surface area contributed by atoms with Crippen LogP contribution in [-0.2, 0) is 9.63 Å². The van der Waals surface area contributed by atoms with Gasteiger partial charge in [-0.2, -0.15) is 0 Å². The highest BCUT2D eigenvalue weighted by Crippen LogP contribution is 2.08. The maximum Gasteiger partial charge on any atom is 0.308 e. The number of carboxylic acids is 1. The van der Waals surface area contributed by atoms with Crippen LogP contribution in [-0.4, -0.2) is 24.2 Å². The highest BCUT2D eigenvalue weighted by atomic mass is 16.6. The fourth-order valence-corrected chi connectivity index (χ4v) is 0.930. The van der Waals surface area contributed by atoms with Crippen LogP contribution in [0.15, 0.2) is 0 Å². The van der Waals surface area contributed by atoms with Gasteiger partial charge in [0.15, 0.2) is 0 Å². The normalized spacial score (nSPS) is 27.4. The topological polar surface area (TPSA) is 58.6 Å². The lowest BCUT2D eigenvalue weighted by Gasteiger charge is -2.05. The Balaban J connectivity index is 2.35. The molecule has 1 heterocycles. The lowest BCUT2D eigenvalue weighted by atomic mass is 10.1. The third-order valence-electron chi connectivity index (χ3n) is 1.57. The van der Waals surface area contributed by atoms with Crippen molar-refractivity contribution in [3.63, 3.8) is 0 Å². The summed E-state index contributed by atoms with van der Waals surface area (Å²) in [7, 11) is 0. The molecule has 0 aromatic carbocycles. The molecule has 0 aromatic rings. The van der Waals surface area contributed by atoms with E-state index in [0.29, 0.717) is 6.42 Å². The number of aliphatic carboxylic acids is 1. The molecule has 0 spiro atoms. The van der Waals surface area contributed by atoms with Gasteiger partial charge in [0.2, 0.25) is 0 Å². The highest BCUT2D eigenvalue weighted by molar-refractivity contribution is 5.70. The van der Waals surface area contributed by atoms with E-state index in [4.69, 9.17) is 9.94 Å². The maximum absolute atomic E-state index is 10.4. The average Bonchev–Trinajstić information content (AvgIpc) is 2.12. The Hall–Kier alpha value is -0.610. The monoisotopic (exact) mass is 145 g/mol. The summed E-state index contributed by atoms with van der Waals surface area (Å²) in [5.74, 6) is -1.08. The predicted octanol–water partition coefficient (Wildman–Crippen LogP) is 0.00220. The lowest BCUT2D eigenvalue weighted by Crippen LogP contribution is -2.20. The third kappa shape index (κ3) is 1.97. The molecule has 1 aliphatic heterocycles. The lowest BCUT2D eigenvalue weighted by molar-refractivity contribution is -0.144. The van der Waals surface area contributed by atoms with Crippen LogP contribution in [0, 0.1) is 5.92 Å². The van der Waals surface area contributed by atoms with Crippen molar-refractivity contribution in [1.29, 1.82) is 0 Å². The molecular formula is C6H11NO3. The molecule has 0 amide bonds. The number of rotatable bonds is 1. The van der Waals surface area contributed by atoms with Crippen molar-refractivity contribution in [3.8, 4) is 0 Å². The quantitative estimate of drug-likeness (QED) is 0.545. The number of hydrogen-bond donors (Lipinski definition) is 2. The second-order valence-electron chi connectivity index (χ2n) is 2.38. The van der Waals surface area contributed by atoms with Crippen LogP contribution in [0.25, 0.3) is 0 Å². The standard InChI is InChI=1S/C6H11NO3/c8-6(9)5-2-1-3-7-10-4-5/h5,7H,1-4H2,(H,8,9). The zero-order valence-electron chi connectivity index (χ0n) is 5.67. The predicted molar refractivity (Wildman–Crippen MR) is 34.3 cm³/mol. The van der Waals surface area contributed by atoms with E-state index in [9.17, 15) is 4.79 Å². The first kappa shape index (κ1) is 7.50. The summed E-state index contributed by atoms with van der Waals surface area (Å²) in [4.78, 5) is 15.2. The van der Waals surface area contributed by atoms with Crippen molar-refractivity contribution in [3.05, 3.63) is 0 Å². The van der Waals surface area contributed by atoms with E-state index in [2.05, 4.69) is 5.48 Å². The summed E-state index contributed by atoms with van der Waals surface area (Å²) < 4.78 is 0. The molecule has 1 aliphatic rings. The van der Waals surface area contributed by atoms with E-state index in [1.54, 1.807) is 0 Å². The van der Waals surface area contributed by atoms with Crippen LogP contribution in [0.5, 0.6) is 0 Å². The molecule has 1 atom stereocenters. The Labute approximate surface area is 59.1 Å². The second-order valence-corrected chi connectivity index (χ2v) is 2.38. The Morgan fingerprint density at radius 3 is 3.20 bits per heavy atom. The Morgan fingerprint density at radius 2 is 2.50 bits per heavy atom. The van der Waals surface area contributed by atoms with E-state index >= 15 is 0 Å². The first-order valence-corrected chi connectivity index (χ1v) is 3.38. The number of hydroxylamine groups is 1. The van der Waals surface area contributed by atoms with E-state index in [0.717, 1.165) is 13.0 Å². The molecule has 0 radical (unpaired) electrons. The highest BCUT2D eigenvalue weighted by Gasteiger charge is 2.19. The molecule has 0 bridgehead atoms. The van der Waals surface area contributed by atoms with Gasteiger partial charge in [-0.15, -0.1) is 0 Å². The van der Waals surface area contributed by atoms with Gasteiger partial charge < -0.3 is 9.94 Å². The zero-order valence-corrected chi connectivity index (χ0v) is 5.67. The van der Waals surface area contributed by atoms with Gasteiger partial charge in [0.05, 0.1) is 12.5 Å². The smallest absolute Gasteiger partial charge is 0.308 e. The molecular weight excluding hydrogens is 134 g/mol. The summed E-state index contributed by atoms with van der Waals surface area (Å²) in [5, 5.41) is 8.56. The van der Waals surface area contributed by atoms with E-state index in [-0.39, 0.29) is 12.5 Å². The van der Waals surface area contributed by atoms with Crippen molar-refractivity contribution in [2.45, 2.75) is 12.8 Å². The minimum Gasteiger partial charge on any atom is -0.481 e. The molecule has 58 valence electrons. The molecule has 0 aliphatic carbocycles. The summed E-state index contributed by atoms with van der Waals surface area (Å²) in [6.07, 6.45) is 1.58. The molecule has 0 aromatic heterocycles. The molecule has 10 heavy (non-hydrogen) atoms. The summed E-state index contributed by atoms with van der Waals surface area (Å²) >= 11 is 0. The Kier molecular flexibility index (Phi) is 2.65. The molecule has 1 rings (SSSR count). The molecule has 1 fully saturated rings. The fourth-order valence-electron chi connectivity index (χ4n) is 0.930. The van der Waals surface area contributed by atoms with E-state index < -0.39 is 5.97 Å². The number of hydrogen-bond acceptors (Lipinski definition) is 3. The molecule has 0 saturated carbocycles. The van der Waals surface area contributed by atoms with E-state index in [1.807, 2.05) is 0 Å². The van der Waals surface area contributed by atoms with Gasteiger partial charge in [0.25, 0.3) is 0 Å². The van der Waals surface area contributed by atoms with Crippen LogP contribution in [0.3, 0.4) is 0 Å². The van der Waals surface area contributed by atoms with Crippen molar-refractivity contribution in [1.82, 2.24) is 5.48 Å². The largest absolute Gasteiger partial charge is 0.481 e. The Bertz CT molecular complexity index is 118. The SMILES string of the molecule is O=C(O)C1CCCNOC1. The van der Waals surface area contributed by atoms with Gasteiger partial charge in [-0.05, 0) is 12.8 Å². The summed E-state index contributed by atoms with van der Waals surface area (Å²) in [5.41, 5.74) is 2.67. The van der Waals surface area contributed by atoms with Crippen molar-refractivity contribution < 1.29 is 14.7 Å². The van der Waals surface area contributed by atoms with Gasteiger partial charge in [0, 0.05) is 6.54 Å². The van der Waals surface area contributed by atoms with Gasteiger partial charge >= 0.3 is 5.97 Å². The first-order chi connectivity index (χ1) is 4.80. The molecule has 1 unspecified atom stereocenters. The minimum atomic E-state index is -0.760. The number of carbonyl (C=O) groups is 1. The molecule has 4 nitrogen and oxygen atoms in total. The van der Waals surface area contributed by atoms with Crippen LogP contribution < -0.4 is 5.48 Å². The van der Waals surface area contributed by atoms with E-state index in [1.165, 1.54) is 0 Å².